The van der Waals surface area contributed by atoms with Crippen LogP contribution in [0, 0.1) is 5.92 Å². The lowest BCUT2D eigenvalue weighted by molar-refractivity contribution is -0.138. The average Bonchev–Trinajstić information content (AvgIpc) is 2.33. The van der Waals surface area contributed by atoms with Crippen LogP contribution >= 0.6 is 0 Å². The van der Waals surface area contributed by atoms with Crippen LogP contribution in [0.4, 0.5) is 13.2 Å². The fourth-order valence-electron chi connectivity index (χ4n) is 2.12. The number of nitrogens with one attached hydrogen (secondary N) is 2. The Morgan fingerprint density at radius 2 is 2.09 bits per heavy atom. The molecule has 0 bridgehead atoms. The predicted octanol–water partition coefficient (Wildman–Crippen LogP) is 2.33. The van der Waals surface area contributed by atoms with Gasteiger partial charge in [-0.1, -0.05) is 6.07 Å². The Labute approximate surface area is 127 Å². The van der Waals surface area contributed by atoms with Crippen molar-refractivity contribution < 1.29 is 22.7 Å². The van der Waals surface area contributed by atoms with E-state index in [0.29, 0.717) is 13.1 Å². The second kappa shape index (κ2) is 6.56. The quantitative estimate of drug-likeness (QED) is 0.876. The number of rotatable bonds is 5. The number of benzene rings is 1. The SMILES string of the molecule is CC(C)Oc1ccc(CNC(=O)C2CNC2)c(C(F)(F)F)c1. The van der Waals surface area contributed by atoms with Gasteiger partial charge >= 0.3 is 6.18 Å². The molecule has 0 saturated carbocycles. The van der Waals surface area contributed by atoms with Gasteiger partial charge in [0.1, 0.15) is 5.75 Å². The van der Waals surface area contributed by atoms with Gasteiger partial charge in [0.05, 0.1) is 17.6 Å². The molecular formula is C15H19F3N2O2. The molecule has 1 fully saturated rings. The maximum absolute atomic E-state index is 13.1. The van der Waals surface area contributed by atoms with Gasteiger partial charge in [-0.15, -0.1) is 0 Å². The molecule has 1 aliphatic rings. The van der Waals surface area contributed by atoms with Gasteiger partial charge in [0.15, 0.2) is 0 Å². The van der Waals surface area contributed by atoms with Crippen molar-refractivity contribution in [3.05, 3.63) is 29.3 Å². The van der Waals surface area contributed by atoms with E-state index in [4.69, 9.17) is 4.74 Å². The zero-order valence-electron chi connectivity index (χ0n) is 12.5. The fraction of sp³-hybridized carbons (Fsp3) is 0.533. The van der Waals surface area contributed by atoms with E-state index in [1.165, 1.54) is 12.1 Å². The maximum atomic E-state index is 13.1. The molecule has 0 unspecified atom stereocenters. The topological polar surface area (TPSA) is 50.4 Å². The van der Waals surface area contributed by atoms with Crippen molar-refractivity contribution in [2.24, 2.45) is 5.92 Å². The van der Waals surface area contributed by atoms with Crippen LogP contribution in [0.1, 0.15) is 25.0 Å². The number of hydrogen-bond donors (Lipinski definition) is 2. The first-order chi connectivity index (χ1) is 10.3. The molecular weight excluding hydrogens is 297 g/mol. The van der Waals surface area contributed by atoms with E-state index in [1.807, 2.05) is 0 Å². The molecule has 0 aliphatic carbocycles. The molecule has 0 radical (unpaired) electrons. The van der Waals surface area contributed by atoms with E-state index in [-0.39, 0.29) is 35.8 Å². The van der Waals surface area contributed by atoms with Gasteiger partial charge in [-0.3, -0.25) is 4.79 Å². The molecule has 1 aromatic rings. The van der Waals surface area contributed by atoms with Gasteiger partial charge in [0.2, 0.25) is 5.91 Å². The molecule has 1 amide bonds. The summed E-state index contributed by atoms with van der Waals surface area (Å²) in [5.74, 6) is -0.215. The zero-order chi connectivity index (χ0) is 16.3. The van der Waals surface area contributed by atoms with Gasteiger partial charge in [0, 0.05) is 19.6 Å². The van der Waals surface area contributed by atoms with Crippen molar-refractivity contribution in [3.63, 3.8) is 0 Å². The normalized spacial score (nSPS) is 15.5. The van der Waals surface area contributed by atoms with Crippen molar-refractivity contribution in [3.8, 4) is 5.75 Å². The summed E-state index contributed by atoms with van der Waals surface area (Å²) in [6, 6.07) is 3.81. The smallest absolute Gasteiger partial charge is 0.416 e. The Morgan fingerprint density at radius 3 is 2.59 bits per heavy atom. The highest BCUT2D eigenvalue weighted by atomic mass is 19.4. The first-order valence-corrected chi connectivity index (χ1v) is 7.12. The van der Waals surface area contributed by atoms with Crippen LogP contribution in [-0.4, -0.2) is 25.1 Å². The number of hydrogen-bond acceptors (Lipinski definition) is 3. The van der Waals surface area contributed by atoms with Crippen LogP contribution in [0.3, 0.4) is 0 Å². The van der Waals surface area contributed by atoms with Crippen LogP contribution in [0.5, 0.6) is 5.75 Å². The van der Waals surface area contributed by atoms with E-state index >= 15 is 0 Å². The number of halogens is 3. The highest BCUT2D eigenvalue weighted by molar-refractivity contribution is 5.80. The van der Waals surface area contributed by atoms with Gasteiger partial charge in [0.25, 0.3) is 0 Å². The van der Waals surface area contributed by atoms with Crippen LogP contribution < -0.4 is 15.4 Å². The number of carbonyl (C=O) groups excluding carboxylic acids is 1. The zero-order valence-corrected chi connectivity index (χ0v) is 12.5. The summed E-state index contributed by atoms with van der Waals surface area (Å²) in [4.78, 5) is 11.7. The highest BCUT2D eigenvalue weighted by Crippen LogP contribution is 2.34. The van der Waals surface area contributed by atoms with Gasteiger partial charge in [-0.2, -0.15) is 13.2 Å². The molecule has 1 aliphatic heterocycles. The third kappa shape index (κ3) is 4.13. The van der Waals surface area contributed by atoms with E-state index < -0.39 is 11.7 Å². The highest BCUT2D eigenvalue weighted by Gasteiger charge is 2.34. The number of alkyl halides is 3. The van der Waals surface area contributed by atoms with Crippen LogP contribution in [0.25, 0.3) is 0 Å². The second-order valence-corrected chi connectivity index (χ2v) is 5.56. The Balaban J connectivity index is 2.13. The van der Waals surface area contributed by atoms with Crippen molar-refractivity contribution >= 4 is 5.91 Å². The Hall–Kier alpha value is -1.76. The standard InChI is InChI=1S/C15H19F3N2O2/c1-9(2)22-12-4-3-10(13(5-12)15(16,17)18)8-20-14(21)11-6-19-7-11/h3-5,9,11,19H,6-8H2,1-2H3,(H,20,21). The predicted molar refractivity (Wildman–Crippen MR) is 75.4 cm³/mol. The molecule has 122 valence electrons. The van der Waals surface area contributed by atoms with Crippen molar-refractivity contribution in [1.82, 2.24) is 10.6 Å². The summed E-state index contributed by atoms with van der Waals surface area (Å²) in [6.07, 6.45) is -4.70. The second-order valence-electron chi connectivity index (χ2n) is 5.56. The van der Waals surface area contributed by atoms with E-state index in [1.54, 1.807) is 13.8 Å². The number of amides is 1. The molecule has 2 N–H and O–H groups in total. The average molecular weight is 316 g/mol. The Bertz CT molecular complexity index is 540. The summed E-state index contributed by atoms with van der Waals surface area (Å²) in [5, 5.41) is 5.50. The van der Waals surface area contributed by atoms with Crippen LogP contribution in [-0.2, 0) is 17.5 Å². The van der Waals surface area contributed by atoms with E-state index in [0.717, 1.165) is 6.07 Å². The minimum Gasteiger partial charge on any atom is -0.491 e. The number of carbonyl (C=O) groups is 1. The molecule has 0 aromatic heterocycles. The minimum atomic E-state index is -4.49. The first kappa shape index (κ1) is 16.6. The van der Waals surface area contributed by atoms with E-state index in [9.17, 15) is 18.0 Å². The largest absolute Gasteiger partial charge is 0.491 e. The molecule has 1 saturated heterocycles. The fourth-order valence-corrected chi connectivity index (χ4v) is 2.12. The third-order valence-electron chi connectivity index (χ3n) is 3.36. The van der Waals surface area contributed by atoms with Gasteiger partial charge < -0.3 is 15.4 Å². The molecule has 22 heavy (non-hydrogen) atoms. The van der Waals surface area contributed by atoms with Crippen molar-refractivity contribution in [2.45, 2.75) is 32.7 Å². The molecule has 4 nitrogen and oxygen atoms in total. The Kier molecular flexibility index (Phi) is 4.95. The molecule has 1 heterocycles. The number of ether oxygens (including phenoxy) is 1. The lowest BCUT2D eigenvalue weighted by Gasteiger charge is -2.26. The maximum Gasteiger partial charge on any atom is 0.416 e. The van der Waals surface area contributed by atoms with Crippen molar-refractivity contribution in [2.75, 3.05) is 13.1 Å². The molecule has 0 atom stereocenters. The first-order valence-electron chi connectivity index (χ1n) is 7.12. The molecule has 1 aromatic carbocycles. The van der Waals surface area contributed by atoms with E-state index in [2.05, 4.69) is 10.6 Å². The summed E-state index contributed by atoms with van der Waals surface area (Å²) >= 11 is 0. The van der Waals surface area contributed by atoms with Crippen LogP contribution in [0.15, 0.2) is 18.2 Å². The molecule has 0 spiro atoms. The van der Waals surface area contributed by atoms with Gasteiger partial charge in [-0.25, -0.2) is 0 Å². The lowest BCUT2D eigenvalue weighted by Crippen LogP contribution is -2.50. The molecule has 2 rings (SSSR count). The molecule has 7 heteroatoms. The van der Waals surface area contributed by atoms with Crippen LogP contribution in [0.2, 0.25) is 0 Å². The van der Waals surface area contributed by atoms with Gasteiger partial charge in [-0.05, 0) is 31.5 Å². The monoisotopic (exact) mass is 316 g/mol. The lowest BCUT2D eigenvalue weighted by atomic mass is 10.0. The summed E-state index contributed by atoms with van der Waals surface area (Å²) in [7, 11) is 0. The minimum absolute atomic E-state index is 0.0317. The summed E-state index contributed by atoms with van der Waals surface area (Å²) in [6.45, 7) is 4.48. The third-order valence-corrected chi connectivity index (χ3v) is 3.36. The van der Waals surface area contributed by atoms with Crippen molar-refractivity contribution in [1.29, 1.82) is 0 Å². The summed E-state index contributed by atoms with van der Waals surface area (Å²) < 4.78 is 44.7. The summed E-state index contributed by atoms with van der Waals surface area (Å²) in [5.41, 5.74) is -0.748. The Morgan fingerprint density at radius 1 is 1.41 bits per heavy atom.